The second-order valence-electron chi connectivity index (χ2n) is 6.24. The van der Waals surface area contributed by atoms with Crippen molar-refractivity contribution in [1.29, 1.82) is 0 Å². The summed E-state index contributed by atoms with van der Waals surface area (Å²) in [5.74, 6) is -0.955. The summed E-state index contributed by atoms with van der Waals surface area (Å²) < 4.78 is 42.9. The van der Waals surface area contributed by atoms with Crippen LogP contribution in [0.1, 0.15) is 29.2 Å². The van der Waals surface area contributed by atoms with E-state index in [1.165, 1.54) is 19.2 Å². The molecule has 2 aromatic carbocycles. The third-order valence-corrected chi connectivity index (χ3v) is 4.06. The number of carbonyl (C=O) groups is 2. The van der Waals surface area contributed by atoms with Crippen molar-refractivity contribution in [3.05, 3.63) is 65.2 Å². The fraction of sp³-hybridized carbons (Fsp3) is 0.300. The maximum atomic E-state index is 12.8. The van der Waals surface area contributed by atoms with Gasteiger partial charge in [-0.3, -0.25) is 9.59 Å². The molecular weight excluding hydrogens is 373 g/mol. The molecular formula is C20H21F3N2O3. The standard InChI is InChI=1S/C20H21F3N2O3/c1-13-6-8-14(9-7-13)17(11-19(27)28-2)25-18(26)12-24-16-5-3-4-15(10-16)20(21,22)23/h3-10,17,24H,11-12H2,1-2H3,(H,25,26). The van der Waals surface area contributed by atoms with Gasteiger partial charge in [0.05, 0.1) is 31.7 Å². The van der Waals surface area contributed by atoms with Crippen LogP contribution < -0.4 is 10.6 Å². The van der Waals surface area contributed by atoms with Crippen molar-refractivity contribution in [3.63, 3.8) is 0 Å². The normalized spacial score (nSPS) is 12.2. The zero-order valence-electron chi connectivity index (χ0n) is 15.5. The molecule has 150 valence electrons. The lowest BCUT2D eigenvalue weighted by atomic mass is 10.0. The van der Waals surface area contributed by atoms with E-state index in [0.29, 0.717) is 0 Å². The summed E-state index contributed by atoms with van der Waals surface area (Å²) in [6.07, 6.45) is -4.52. The number of benzene rings is 2. The summed E-state index contributed by atoms with van der Waals surface area (Å²) in [4.78, 5) is 23.9. The van der Waals surface area contributed by atoms with Gasteiger partial charge >= 0.3 is 12.1 Å². The van der Waals surface area contributed by atoms with Crippen LogP contribution >= 0.6 is 0 Å². The number of methoxy groups -OCH3 is 1. The number of esters is 1. The molecule has 1 atom stereocenters. The van der Waals surface area contributed by atoms with Crippen LogP contribution in [0.4, 0.5) is 18.9 Å². The molecule has 2 rings (SSSR count). The lowest BCUT2D eigenvalue weighted by molar-refractivity contribution is -0.141. The van der Waals surface area contributed by atoms with Crippen molar-refractivity contribution < 1.29 is 27.5 Å². The molecule has 2 N–H and O–H groups in total. The molecule has 8 heteroatoms. The van der Waals surface area contributed by atoms with Crippen LogP contribution in [0.3, 0.4) is 0 Å². The number of anilines is 1. The average molecular weight is 394 g/mol. The maximum Gasteiger partial charge on any atom is 0.416 e. The smallest absolute Gasteiger partial charge is 0.416 e. The van der Waals surface area contributed by atoms with Crippen LogP contribution in [0.2, 0.25) is 0 Å². The van der Waals surface area contributed by atoms with E-state index in [4.69, 9.17) is 0 Å². The van der Waals surface area contributed by atoms with Crippen LogP contribution in [0.5, 0.6) is 0 Å². The van der Waals surface area contributed by atoms with Crippen molar-refractivity contribution in [1.82, 2.24) is 5.32 Å². The van der Waals surface area contributed by atoms with E-state index in [1.807, 2.05) is 19.1 Å². The topological polar surface area (TPSA) is 67.4 Å². The molecule has 28 heavy (non-hydrogen) atoms. The Morgan fingerprint density at radius 2 is 1.79 bits per heavy atom. The number of halogens is 3. The second kappa shape index (κ2) is 9.25. The van der Waals surface area contributed by atoms with Gasteiger partial charge in [-0.2, -0.15) is 13.2 Å². The molecule has 0 spiro atoms. The summed E-state index contributed by atoms with van der Waals surface area (Å²) in [5, 5.41) is 5.37. The van der Waals surface area contributed by atoms with E-state index in [2.05, 4.69) is 15.4 Å². The van der Waals surface area contributed by atoms with E-state index in [-0.39, 0.29) is 18.7 Å². The maximum absolute atomic E-state index is 12.8. The van der Waals surface area contributed by atoms with Gasteiger partial charge in [-0.1, -0.05) is 35.9 Å². The minimum absolute atomic E-state index is 0.0607. The van der Waals surface area contributed by atoms with Gasteiger partial charge in [0.2, 0.25) is 5.91 Å². The molecule has 2 aromatic rings. The van der Waals surface area contributed by atoms with Gasteiger partial charge in [-0.05, 0) is 30.7 Å². The Bertz CT molecular complexity index is 820. The Labute approximate surface area is 160 Å². The molecule has 0 aliphatic carbocycles. The second-order valence-corrected chi connectivity index (χ2v) is 6.24. The molecule has 0 bridgehead atoms. The molecule has 0 aliphatic rings. The van der Waals surface area contributed by atoms with Crippen LogP contribution in [0.25, 0.3) is 0 Å². The van der Waals surface area contributed by atoms with Gasteiger partial charge in [0, 0.05) is 5.69 Å². The molecule has 5 nitrogen and oxygen atoms in total. The van der Waals surface area contributed by atoms with Crippen molar-refractivity contribution >= 4 is 17.6 Å². The fourth-order valence-corrected chi connectivity index (χ4v) is 2.53. The fourth-order valence-electron chi connectivity index (χ4n) is 2.53. The Balaban J connectivity index is 2.03. The predicted octanol–water partition coefficient (Wildman–Crippen LogP) is 3.85. The first-order valence-corrected chi connectivity index (χ1v) is 8.53. The Hall–Kier alpha value is -3.03. The quantitative estimate of drug-likeness (QED) is 0.700. The average Bonchev–Trinajstić information content (AvgIpc) is 2.66. The molecule has 0 saturated heterocycles. The number of hydrogen-bond acceptors (Lipinski definition) is 4. The number of carbonyl (C=O) groups excluding carboxylic acids is 2. The Kier molecular flexibility index (Phi) is 7.03. The first kappa shape index (κ1) is 21.3. The largest absolute Gasteiger partial charge is 0.469 e. The number of nitrogens with one attached hydrogen (secondary N) is 2. The van der Waals surface area contributed by atoms with Gasteiger partial charge < -0.3 is 15.4 Å². The number of ether oxygens (including phenoxy) is 1. The van der Waals surface area contributed by atoms with E-state index < -0.39 is 29.7 Å². The minimum atomic E-state index is -4.46. The highest BCUT2D eigenvalue weighted by Crippen LogP contribution is 2.30. The number of rotatable bonds is 7. The molecule has 0 aliphatic heterocycles. The van der Waals surface area contributed by atoms with Gasteiger partial charge in [-0.15, -0.1) is 0 Å². The van der Waals surface area contributed by atoms with Crippen molar-refractivity contribution in [3.8, 4) is 0 Å². The number of alkyl halides is 3. The molecule has 0 radical (unpaired) electrons. The molecule has 0 aromatic heterocycles. The SMILES string of the molecule is COC(=O)CC(NC(=O)CNc1cccc(C(F)(F)F)c1)c1ccc(C)cc1. The van der Waals surface area contributed by atoms with Crippen molar-refractivity contribution in [2.75, 3.05) is 19.0 Å². The molecule has 0 heterocycles. The van der Waals surface area contributed by atoms with Crippen LogP contribution in [0.15, 0.2) is 48.5 Å². The zero-order valence-corrected chi connectivity index (χ0v) is 15.5. The van der Waals surface area contributed by atoms with Crippen molar-refractivity contribution in [2.24, 2.45) is 0 Å². The minimum Gasteiger partial charge on any atom is -0.469 e. The highest BCUT2D eigenvalue weighted by Gasteiger charge is 2.30. The third kappa shape index (κ3) is 6.29. The van der Waals surface area contributed by atoms with Gasteiger partial charge in [0.15, 0.2) is 0 Å². The predicted molar refractivity (Wildman–Crippen MR) is 98.6 cm³/mol. The zero-order chi connectivity index (χ0) is 20.7. The summed E-state index contributed by atoms with van der Waals surface area (Å²) >= 11 is 0. The summed E-state index contributed by atoms with van der Waals surface area (Å²) in [7, 11) is 1.26. The third-order valence-electron chi connectivity index (χ3n) is 4.06. The first-order valence-electron chi connectivity index (χ1n) is 8.53. The highest BCUT2D eigenvalue weighted by molar-refractivity contribution is 5.82. The van der Waals surface area contributed by atoms with E-state index >= 15 is 0 Å². The van der Waals surface area contributed by atoms with Crippen LogP contribution in [-0.2, 0) is 20.5 Å². The van der Waals surface area contributed by atoms with Crippen molar-refractivity contribution in [2.45, 2.75) is 25.6 Å². The number of hydrogen-bond donors (Lipinski definition) is 2. The molecule has 0 saturated carbocycles. The molecule has 0 fully saturated rings. The van der Waals surface area contributed by atoms with E-state index in [9.17, 15) is 22.8 Å². The van der Waals surface area contributed by atoms with Crippen LogP contribution in [0, 0.1) is 6.92 Å². The summed E-state index contributed by atoms with van der Waals surface area (Å²) in [6, 6.07) is 11.3. The van der Waals surface area contributed by atoms with Gasteiger partial charge in [0.25, 0.3) is 0 Å². The van der Waals surface area contributed by atoms with Crippen LogP contribution in [-0.4, -0.2) is 25.5 Å². The van der Waals surface area contributed by atoms with Gasteiger partial charge in [-0.25, -0.2) is 0 Å². The lowest BCUT2D eigenvalue weighted by Crippen LogP contribution is -2.34. The Morgan fingerprint density at radius 1 is 1.11 bits per heavy atom. The number of aryl methyl sites for hydroxylation is 1. The monoisotopic (exact) mass is 394 g/mol. The molecule has 1 amide bonds. The molecule has 1 unspecified atom stereocenters. The van der Waals surface area contributed by atoms with Gasteiger partial charge in [0.1, 0.15) is 0 Å². The lowest BCUT2D eigenvalue weighted by Gasteiger charge is -2.19. The summed E-state index contributed by atoms with van der Waals surface area (Å²) in [6.45, 7) is 1.67. The summed E-state index contributed by atoms with van der Waals surface area (Å²) in [5.41, 5.74) is 1.12. The van der Waals surface area contributed by atoms with E-state index in [1.54, 1.807) is 12.1 Å². The highest BCUT2D eigenvalue weighted by atomic mass is 19.4. The number of amides is 1. The first-order chi connectivity index (χ1) is 13.2. The van der Waals surface area contributed by atoms with E-state index in [0.717, 1.165) is 23.3 Å². The Morgan fingerprint density at radius 3 is 2.39 bits per heavy atom.